The van der Waals surface area contributed by atoms with Crippen molar-refractivity contribution in [1.82, 2.24) is 0 Å². The molecule has 0 bridgehead atoms. The normalized spacial score (nSPS) is 46.6. The molecule has 3 saturated carbocycles. The van der Waals surface area contributed by atoms with E-state index in [0.717, 1.165) is 38.0 Å². The number of fused-ring (bicyclic) bond motifs is 5. The molecule has 4 aliphatic carbocycles. The van der Waals surface area contributed by atoms with Crippen LogP contribution in [0.15, 0.2) is 11.6 Å². The van der Waals surface area contributed by atoms with Gasteiger partial charge >= 0.3 is 5.97 Å². The van der Waals surface area contributed by atoms with E-state index in [4.69, 9.17) is 0 Å². The number of carbonyl (C=O) groups excluding carboxylic acids is 1. The van der Waals surface area contributed by atoms with Crippen LogP contribution in [0.4, 0.5) is 0 Å². The number of carbonyl (C=O) groups is 2. The number of aliphatic carboxylic acids is 1. The fourth-order valence-corrected chi connectivity index (χ4v) is 9.71. The predicted octanol–water partition coefficient (Wildman–Crippen LogP) is 7.69. The van der Waals surface area contributed by atoms with Crippen molar-refractivity contribution in [2.45, 2.75) is 113 Å². The van der Waals surface area contributed by atoms with E-state index in [1.54, 1.807) is 0 Å². The molecule has 186 valence electrons. The highest BCUT2D eigenvalue weighted by Crippen LogP contribution is 2.75. The third-order valence-electron chi connectivity index (χ3n) is 12.5. The molecule has 0 aliphatic heterocycles. The van der Waals surface area contributed by atoms with E-state index in [1.807, 2.05) is 6.92 Å². The van der Waals surface area contributed by atoms with E-state index in [0.29, 0.717) is 46.2 Å². The van der Waals surface area contributed by atoms with E-state index in [-0.39, 0.29) is 11.3 Å². The van der Waals surface area contributed by atoms with Crippen molar-refractivity contribution < 1.29 is 14.7 Å². The molecule has 3 fully saturated rings. The molecule has 0 heterocycles. The molecule has 0 amide bonds. The third kappa shape index (κ3) is 3.49. The number of ketones is 1. The van der Waals surface area contributed by atoms with Crippen molar-refractivity contribution in [3.05, 3.63) is 11.6 Å². The zero-order valence-electron chi connectivity index (χ0n) is 22.3. The lowest BCUT2D eigenvalue weighted by Gasteiger charge is -2.66. The van der Waals surface area contributed by atoms with Crippen molar-refractivity contribution in [2.75, 3.05) is 0 Å². The van der Waals surface area contributed by atoms with Crippen LogP contribution in [0.25, 0.3) is 0 Å². The Labute approximate surface area is 202 Å². The zero-order chi connectivity index (χ0) is 24.4. The van der Waals surface area contributed by atoms with Crippen LogP contribution in [0.5, 0.6) is 0 Å². The molecule has 0 aromatic rings. The van der Waals surface area contributed by atoms with Crippen LogP contribution < -0.4 is 0 Å². The number of carboxylic acid groups (broad SMARTS) is 1. The van der Waals surface area contributed by atoms with Gasteiger partial charge in [-0.05, 0) is 83.9 Å². The van der Waals surface area contributed by atoms with Crippen LogP contribution in [0.2, 0.25) is 0 Å². The zero-order valence-corrected chi connectivity index (χ0v) is 22.3. The molecular formula is C30H48O3. The van der Waals surface area contributed by atoms with Gasteiger partial charge in [0.2, 0.25) is 0 Å². The van der Waals surface area contributed by atoms with E-state index >= 15 is 0 Å². The first-order valence-corrected chi connectivity index (χ1v) is 13.8. The minimum absolute atomic E-state index is 0.202. The summed E-state index contributed by atoms with van der Waals surface area (Å²) in [6.45, 7) is 17.0. The minimum atomic E-state index is -0.662. The monoisotopic (exact) mass is 456 g/mol. The lowest BCUT2D eigenvalue weighted by Crippen LogP contribution is -2.60. The smallest absolute Gasteiger partial charge is 0.306 e. The third-order valence-corrected chi connectivity index (χ3v) is 12.5. The van der Waals surface area contributed by atoms with Gasteiger partial charge < -0.3 is 5.11 Å². The van der Waals surface area contributed by atoms with Gasteiger partial charge in [0.1, 0.15) is 5.78 Å². The summed E-state index contributed by atoms with van der Waals surface area (Å²) in [4.78, 5) is 23.5. The minimum Gasteiger partial charge on any atom is -0.481 e. The number of hydrogen-bond donors (Lipinski definition) is 1. The summed E-state index contributed by atoms with van der Waals surface area (Å²) in [6, 6.07) is 0. The summed E-state index contributed by atoms with van der Waals surface area (Å²) in [5.74, 6) is 2.08. The molecule has 4 aliphatic rings. The van der Waals surface area contributed by atoms with Crippen LogP contribution in [0.3, 0.4) is 0 Å². The van der Waals surface area contributed by atoms with Crippen LogP contribution >= 0.6 is 0 Å². The second-order valence-corrected chi connectivity index (χ2v) is 13.6. The summed E-state index contributed by atoms with van der Waals surface area (Å²) >= 11 is 0. The highest BCUT2D eigenvalue weighted by atomic mass is 16.4. The molecule has 0 aromatic carbocycles. The van der Waals surface area contributed by atoms with Gasteiger partial charge in [0.25, 0.3) is 0 Å². The molecule has 3 nitrogen and oxygen atoms in total. The second kappa shape index (κ2) is 8.23. The van der Waals surface area contributed by atoms with E-state index < -0.39 is 5.97 Å². The molecular weight excluding hydrogens is 408 g/mol. The molecule has 0 aromatic heterocycles. The Bertz CT molecular complexity index is 843. The molecule has 9 atom stereocenters. The van der Waals surface area contributed by atoms with E-state index in [2.05, 4.69) is 47.6 Å². The summed E-state index contributed by atoms with van der Waals surface area (Å²) in [5, 5.41) is 9.26. The summed E-state index contributed by atoms with van der Waals surface area (Å²) in [6.07, 6.45) is 13.2. The van der Waals surface area contributed by atoms with Crippen molar-refractivity contribution in [2.24, 2.45) is 51.2 Å². The average molecular weight is 457 g/mol. The van der Waals surface area contributed by atoms with Gasteiger partial charge in [0, 0.05) is 12.8 Å². The summed E-state index contributed by atoms with van der Waals surface area (Å²) in [5.41, 5.74) is 2.59. The highest BCUT2D eigenvalue weighted by Gasteiger charge is 2.68. The van der Waals surface area contributed by atoms with Crippen molar-refractivity contribution in [3.63, 3.8) is 0 Å². The van der Waals surface area contributed by atoms with E-state index in [9.17, 15) is 14.7 Å². The largest absolute Gasteiger partial charge is 0.481 e. The lowest BCUT2D eigenvalue weighted by molar-refractivity contribution is -0.153. The summed E-state index contributed by atoms with van der Waals surface area (Å²) < 4.78 is 0. The van der Waals surface area contributed by atoms with Crippen LogP contribution in [0.1, 0.15) is 113 Å². The van der Waals surface area contributed by atoms with Crippen molar-refractivity contribution in [3.8, 4) is 0 Å². The maximum atomic E-state index is 12.3. The first kappa shape index (κ1) is 25.0. The first-order valence-electron chi connectivity index (χ1n) is 13.8. The first-order chi connectivity index (χ1) is 15.3. The number of carboxylic acids is 1. The Morgan fingerprint density at radius 1 is 1.06 bits per heavy atom. The molecule has 2 unspecified atom stereocenters. The van der Waals surface area contributed by atoms with Gasteiger partial charge in [-0.15, -0.1) is 0 Å². The molecule has 1 N–H and O–H groups in total. The Hall–Kier alpha value is -1.12. The average Bonchev–Trinajstić information content (AvgIpc) is 3.03. The SMILES string of the molecule is CC(CCC[C@@H](C)C1(C)CC[C@H]2[C@]3(C)[C@H](C)C=C4CC(=O)CC[C@]4(C)[C@H]3CC[C@@]21C)C(=O)O. The molecule has 3 heteroatoms. The Balaban J connectivity index is 1.60. The molecule has 0 spiro atoms. The number of rotatable bonds is 6. The Kier molecular flexibility index (Phi) is 6.23. The van der Waals surface area contributed by atoms with E-state index in [1.165, 1.54) is 31.3 Å². The quantitative estimate of drug-likeness (QED) is 0.417. The topological polar surface area (TPSA) is 54.4 Å². The maximum Gasteiger partial charge on any atom is 0.306 e. The second-order valence-electron chi connectivity index (χ2n) is 13.6. The molecule has 0 radical (unpaired) electrons. The standard InChI is InChI=1S/C30H48O3/c1-19(26(32)33)9-8-10-20(2)28(5)15-13-25-29(28,6)16-12-24-27(4)14-11-23(31)18-22(27)17-21(3)30(24,25)7/h17,19-21,24-25H,8-16,18H2,1-7H3,(H,32,33)/t19?,20-,21-,24-,25-,27+,28?,29+,30-/m1/s1. The van der Waals surface area contributed by atoms with Gasteiger partial charge in [-0.1, -0.05) is 73.0 Å². The van der Waals surface area contributed by atoms with Crippen LogP contribution in [-0.4, -0.2) is 16.9 Å². The Morgan fingerprint density at radius 3 is 2.39 bits per heavy atom. The maximum absolute atomic E-state index is 12.3. The Morgan fingerprint density at radius 2 is 1.73 bits per heavy atom. The van der Waals surface area contributed by atoms with Gasteiger partial charge in [0.05, 0.1) is 5.92 Å². The van der Waals surface area contributed by atoms with Gasteiger partial charge in [-0.3, -0.25) is 9.59 Å². The van der Waals surface area contributed by atoms with Crippen LogP contribution in [-0.2, 0) is 9.59 Å². The highest BCUT2D eigenvalue weighted by molar-refractivity contribution is 5.82. The number of Topliss-reactive ketones (excluding diaryl/α,β-unsaturated/α-hetero) is 1. The number of hydrogen-bond acceptors (Lipinski definition) is 2. The van der Waals surface area contributed by atoms with Crippen LogP contribution in [0, 0.1) is 51.2 Å². The lowest BCUT2D eigenvalue weighted by atomic mass is 9.38. The molecule has 33 heavy (non-hydrogen) atoms. The fourth-order valence-electron chi connectivity index (χ4n) is 9.71. The molecule has 0 saturated heterocycles. The van der Waals surface area contributed by atoms with Crippen molar-refractivity contribution >= 4 is 11.8 Å². The number of allylic oxidation sites excluding steroid dienone is 2. The van der Waals surface area contributed by atoms with Crippen molar-refractivity contribution in [1.29, 1.82) is 0 Å². The summed E-state index contributed by atoms with van der Waals surface area (Å²) in [7, 11) is 0. The van der Waals surface area contributed by atoms with Gasteiger partial charge in [0.15, 0.2) is 0 Å². The van der Waals surface area contributed by atoms with Gasteiger partial charge in [-0.25, -0.2) is 0 Å². The molecule has 4 rings (SSSR count). The van der Waals surface area contributed by atoms with Gasteiger partial charge in [-0.2, -0.15) is 0 Å². The predicted molar refractivity (Wildman–Crippen MR) is 134 cm³/mol. The fraction of sp³-hybridized carbons (Fsp3) is 0.867.